The molecule has 1 atom stereocenters. The van der Waals surface area contributed by atoms with Crippen molar-refractivity contribution in [3.63, 3.8) is 0 Å². The van der Waals surface area contributed by atoms with Gasteiger partial charge in [-0.1, -0.05) is 6.07 Å². The van der Waals surface area contributed by atoms with Crippen LogP contribution in [0.2, 0.25) is 0 Å². The average Bonchev–Trinajstić information content (AvgIpc) is 3.25. The van der Waals surface area contributed by atoms with Crippen LogP contribution in [0.1, 0.15) is 37.7 Å². The Kier molecular flexibility index (Phi) is 5.69. The van der Waals surface area contributed by atoms with E-state index in [2.05, 4.69) is 15.6 Å². The van der Waals surface area contributed by atoms with Crippen LogP contribution in [0.3, 0.4) is 0 Å². The topological polar surface area (TPSA) is 72.5 Å². The summed E-state index contributed by atoms with van der Waals surface area (Å²) in [6.07, 6.45) is 7.63. The monoisotopic (exact) mass is 319 g/mol. The van der Waals surface area contributed by atoms with E-state index in [-0.39, 0.29) is 12.1 Å². The van der Waals surface area contributed by atoms with Crippen molar-refractivity contribution in [1.82, 2.24) is 15.6 Å². The van der Waals surface area contributed by atoms with Crippen LogP contribution in [0.15, 0.2) is 18.3 Å². The van der Waals surface area contributed by atoms with Crippen molar-refractivity contribution < 1.29 is 14.3 Å². The first-order valence-electron chi connectivity index (χ1n) is 8.51. The summed E-state index contributed by atoms with van der Waals surface area (Å²) >= 11 is 0. The quantitative estimate of drug-likeness (QED) is 0.843. The van der Waals surface area contributed by atoms with E-state index in [1.165, 1.54) is 12.8 Å². The second-order valence-electron chi connectivity index (χ2n) is 6.29. The molecular weight excluding hydrogens is 294 g/mol. The average molecular weight is 319 g/mol. The number of hydrogen-bond acceptors (Lipinski definition) is 4. The molecule has 0 bridgehead atoms. The number of rotatable bonds is 6. The number of nitrogens with one attached hydrogen (secondary N) is 2. The Labute approximate surface area is 137 Å². The van der Waals surface area contributed by atoms with Gasteiger partial charge in [-0.2, -0.15) is 0 Å². The van der Waals surface area contributed by atoms with Crippen LogP contribution in [0.25, 0.3) is 0 Å². The molecule has 2 fully saturated rings. The van der Waals surface area contributed by atoms with E-state index in [0.717, 1.165) is 38.0 Å². The van der Waals surface area contributed by atoms with Gasteiger partial charge in [-0.05, 0) is 38.2 Å². The molecule has 23 heavy (non-hydrogen) atoms. The zero-order chi connectivity index (χ0) is 15.9. The van der Waals surface area contributed by atoms with Gasteiger partial charge in [0.2, 0.25) is 5.88 Å². The van der Waals surface area contributed by atoms with Crippen molar-refractivity contribution in [3.05, 3.63) is 23.9 Å². The fourth-order valence-corrected chi connectivity index (χ4v) is 3.05. The number of amides is 2. The zero-order valence-corrected chi connectivity index (χ0v) is 13.4. The lowest BCUT2D eigenvalue weighted by Gasteiger charge is -2.16. The van der Waals surface area contributed by atoms with E-state index in [0.29, 0.717) is 24.9 Å². The number of carbonyl (C=O) groups excluding carboxylic acids is 1. The molecule has 0 radical (unpaired) electrons. The summed E-state index contributed by atoms with van der Waals surface area (Å²) in [5.74, 6) is 1.07. The Morgan fingerprint density at radius 1 is 1.30 bits per heavy atom. The molecule has 2 aliphatic rings. The van der Waals surface area contributed by atoms with Crippen molar-refractivity contribution in [2.75, 3.05) is 19.8 Å². The molecule has 1 aromatic rings. The van der Waals surface area contributed by atoms with Gasteiger partial charge in [-0.15, -0.1) is 0 Å². The molecule has 2 heterocycles. The summed E-state index contributed by atoms with van der Waals surface area (Å²) in [4.78, 5) is 16.2. The first-order valence-corrected chi connectivity index (χ1v) is 8.51. The maximum atomic E-state index is 11.9. The summed E-state index contributed by atoms with van der Waals surface area (Å²) in [5, 5.41) is 5.77. The summed E-state index contributed by atoms with van der Waals surface area (Å²) < 4.78 is 11.3. The van der Waals surface area contributed by atoms with Crippen LogP contribution in [0, 0.1) is 5.92 Å². The highest BCUT2D eigenvalue weighted by Crippen LogP contribution is 2.24. The first kappa shape index (κ1) is 16.1. The van der Waals surface area contributed by atoms with Gasteiger partial charge < -0.3 is 20.1 Å². The molecule has 2 N–H and O–H groups in total. The second kappa shape index (κ2) is 8.15. The van der Waals surface area contributed by atoms with Gasteiger partial charge in [0, 0.05) is 37.4 Å². The Balaban J connectivity index is 1.46. The summed E-state index contributed by atoms with van der Waals surface area (Å²) in [6, 6.07) is 3.65. The predicted molar refractivity (Wildman–Crippen MR) is 86.3 cm³/mol. The van der Waals surface area contributed by atoms with Crippen LogP contribution < -0.4 is 15.4 Å². The minimum absolute atomic E-state index is 0.160. The molecule has 2 amide bonds. The highest BCUT2D eigenvalue weighted by atomic mass is 16.5. The van der Waals surface area contributed by atoms with Crippen LogP contribution in [0.4, 0.5) is 4.79 Å². The number of urea groups is 1. The van der Waals surface area contributed by atoms with Gasteiger partial charge >= 0.3 is 6.03 Å². The number of nitrogens with zero attached hydrogens (tertiary/aromatic N) is 1. The molecule has 0 unspecified atom stereocenters. The first-order chi connectivity index (χ1) is 11.3. The van der Waals surface area contributed by atoms with Crippen molar-refractivity contribution in [3.8, 4) is 5.88 Å². The molecule has 1 aromatic heterocycles. The fourth-order valence-electron chi connectivity index (χ4n) is 3.05. The number of ether oxygens (including phenoxy) is 2. The number of aromatic nitrogens is 1. The molecule has 6 heteroatoms. The van der Waals surface area contributed by atoms with Gasteiger partial charge in [0.15, 0.2) is 0 Å². The molecule has 126 valence electrons. The van der Waals surface area contributed by atoms with E-state index in [4.69, 9.17) is 9.47 Å². The van der Waals surface area contributed by atoms with Gasteiger partial charge in [0.25, 0.3) is 0 Å². The second-order valence-corrected chi connectivity index (χ2v) is 6.29. The van der Waals surface area contributed by atoms with Gasteiger partial charge in [-0.3, -0.25) is 0 Å². The van der Waals surface area contributed by atoms with Crippen LogP contribution in [-0.4, -0.2) is 36.9 Å². The Bertz CT molecular complexity index is 512. The number of hydrogen-bond donors (Lipinski definition) is 2. The molecule has 1 aliphatic heterocycles. The van der Waals surface area contributed by atoms with Crippen molar-refractivity contribution in [2.24, 2.45) is 5.92 Å². The lowest BCUT2D eigenvalue weighted by Crippen LogP contribution is -2.38. The fraction of sp³-hybridized carbons (Fsp3) is 0.647. The molecule has 3 rings (SSSR count). The highest BCUT2D eigenvalue weighted by molar-refractivity contribution is 5.73. The van der Waals surface area contributed by atoms with Gasteiger partial charge in [0.05, 0.1) is 6.61 Å². The molecule has 1 saturated heterocycles. The van der Waals surface area contributed by atoms with E-state index in [1.807, 2.05) is 12.1 Å². The molecule has 0 spiro atoms. The van der Waals surface area contributed by atoms with E-state index < -0.39 is 0 Å². The highest BCUT2D eigenvalue weighted by Gasteiger charge is 2.19. The molecule has 6 nitrogen and oxygen atoms in total. The smallest absolute Gasteiger partial charge is 0.315 e. The number of pyridine rings is 1. The molecule has 0 aromatic carbocycles. The predicted octanol–water partition coefficient (Wildman–Crippen LogP) is 2.24. The molecule has 1 aliphatic carbocycles. The Hall–Kier alpha value is -1.82. The van der Waals surface area contributed by atoms with Crippen LogP contribution in [-0.2, 0) is 11.3 Å². The standard InChI is InChI=1S/C17H25N3O3/c21-17(19-10-13-7-9-22-12-13)20-11-14-4-3-8-18-16(14)23-15-5-1-2-6-15/h3-4,8,13,15H,1-2,5-7,9-12H2,(H2,19,20,21)/t13-/m1/s1. The Morgan fingerprint density at radius 2 is 2.17 bits per heavy atom. The summed E-state index contributed by atoms with van der Waals surface area (Å²) in [6.45, 7) is 2.61. The van der Waals surface area contributed by atoms with E-state index >= 15 is 0 Å². The Morgan fingerprint density at radius 3 is 2.96 bits per heavy atom. The minimum Gasteiger partial charge on any atom is -0.474 e. The SMILES string of the molecule is O=C(NCc1cccnc1OC1CCCC1)NC[C@H]1CCOC1. The van der Waals surface area contributed by atoms with Gasteiger partial charge in [-0.25, -0.2) is 9.78 Å². The zero-order valence-electron chi connectivity index (χ0n) is 13.4. The van der Waals surface area contributed by atoms with Crippen molar-refractivity contribution in [2.45, 2.75) is 44.8 Å². The maximum absolute atomic E-state index is 11.9. The molecular formula is C17H25N3O3. The van der Waals surface area contributed by atoms with Crippen molar-refractivity contribution >= 4 is 6.03 Å². The third kappa shape index (κ3) is 4.82. The third-order valence-electron chi connectivity index (χ3n) is 4.45. The lowest BCUT2D eigenvalue weighted by molar-refractivity contribution is 0.185. The van der Waals surface area contributed by atoms with Crippen LogP contribution in [0.5, 0.6) is 5.88 Å². The largest absolute Gasteiger partial charge is 0.474 e. The molecule has 1 saturated carbocycles. The van der Waals surface area contributed by atoms with Crippen molar-refractivity contribution in [1.29, 1.82) is 0 Å². The van der Waals surface area contributed by atoms with E-state index in [9.17, 15) is 4.79 Å². The normalized spacial score (nSPS) is 21.3. The minimum atomic E-state index is -0.160. The maximum Gasteiger partial charge on any atom is 0.315 e. The lowest BCUT2D eigenvalue weighted by atomic mass is 10.1. The third-order valence-corrected chi connectivity index (χ3v) is 4.45. The summed E-state index contributed by atoms with van der Waals surface area (Å²) in [7, 11) is 0. The van der Waals surface area contributed by atoms with Crippen LogP contribution >= 0.6 is 0 Å². The van der Waals surface area contributed by atoms with Gasteiger partial charge in [0.1, 0.15) is 6.10 Å². The van der Waals surface area contributed by atoms with E-state index in [1.54, 1.807) is 6.20 Å². The number of carbonyl (C=O) groups is 1. The summed E-state index contributed by atoms with van der Waals surface area (Å²) in [5.41, 5.74) is 0.916.